The van der Waals surface area contributed by atoms with Crippen molar-refractivity contribution in [1.29, 1.82) is 0 Å². The summed E-state index contributed by atoms with van der Waals surface area (Å²) in [7, 11) is 0. The van der Waals surface area contributed by atoms with E-state index in [2.05, 4.69) is 10.6 Å². The van der Waals surface area contributed by atoms with Gasteiger partial charge in [-0.1, -0.05) is 23.7 Å². The molecule has 4 aliphatic rings. The third-order valence-corrected chi connectivity index (χ3v) is 7.40. The summed E-state index contributed by atoms with van der Waals surface area (Å²) in [5.41, 5.74) is 0.652. The summed E-state index contributed by atoms with van der Waals surface area (Å²) in [4.78, 5) is 25.0. The lowest BCUT2D eigenvalue weighted by Crippen LogP contribution is -2.53. The summed E-state index contributed by atoms with van der Waals surface area (Å²) in [5.74, 6) is 0.0436. The molecule has 0 saturated heterocycles. The van der Waals surface area contributed by atoms with E-state index in [1.807, 2.05) is 18.2 Å². The highest BCUT2D eigenvalue weighted by molar-refractivity contribution is 6.30. The molecule has 0 heterocycles. The van der Waals surface area contributed by atoms with Gasteiger partial charge in [-0.2, -0.15) is 0 Å². The molecule has 0 spiro atoms. The molecular formula is C22H27Cl2FN2O3. The summed E-state index contributed by atoms with van der Waals surface area (Å²) >= 11 is 11.9. The molecule has 4 aliphatic carbocycles. The second-order valence-corrected chi connectivity index (χ2v) is 9.93. The first kappa shape index (κ1) is 21.8. The van der Waals surface area contributed by atoms with Crippen LogP contribution in [0.4, 0.5) is 4.39 Å². The third kappa shape index (κ3) is 4.92. The third-order valence-electron chi connectivity index (χ3n) is 6.68. The minimum Gasteiger partial charge on any atom is -0.368 e. The zero-order valence-corrected chi connectivity index (χ0v) is 18.2. The van der Waals surface area contributed by atoms with Crippen LogP contribution in [0.2, 0.25) is 5.02 Å². The number of alkyl halides is 2. The Labute approximate surface area is 186 Å². The van der Waals surface area contributed by atoms with Gasteiger partial charge in [0.05, 0.1) is 11.5 Å². The summed E-state index contributed by atoms with van der Waals surface area (Å²) in [6.45, 7) is 0.359. The molecule has 2 bridgehead atoms. The van der Waals surface area contributed by atoms with Crippen LogP contribution in [0.3, 0.4) is 0 Å². The predicted octanol–water partition coefficient (Wildman–Crippen LogP) is 3.76. The van der Waals surface area contributed by atoms with E-state index in [-0.39, 0.29) is 42.4 Å². The summed E-state index contributed by atoms with van der Waals surface area (Å²) in [6.07, 6.45) is 2.41. The molecule has 2 amide bonds. The zero-order chi connectivity index (χ0) is 21.3. The first-order valence-electron chi connectivity index (χ1n) is 10.6. The van der Waals surface area contributed by atoms with E-state index in [1.54, 1.807) is 6.07 Å². The number of amides is 2. The van der Waals surface area contributed by atoms with Crippen molar-refractivity contribution >= 4 is 35.0 Å². The van der Waals surface area contributed by atoms with Gasteiger partial charge in [0.25, 0.3) is 0 Å². The Kier molecular flexibility index (Phi) is 6.56. The number of hydrogen-bond donors (Lipinski definition) is 2. The maximum Gasteiger partial charge on any atom is 0.246 e. The Balaban J connectivity index is 1.20. The molecule has 1 aromatic carbocycles. The van der Waals surface area contributed by atoms with Crippen LogP contribution in [0.25, 0.3) is 0 Å². The molecule has 4 atom stereocenters. The molecule has 1 aromatic rings. The van der Waals surface area contributed by atoms with Gasteiger partial charge < -0.3 is 15.4 Å². The number of carbonyl (C=O) groups is 2. The second-order valence-electron chi connectivity index (χ2n) is 8.93. The predicted molar refractivity (Wildman–Crippen MR) is 113 cm³/mol. The number of rotatable bonds is 7. The maximum absolute atomic E-state index is 13.7. The average molecular weight is 457 g/mol. The lowest BCUT2D eigenvalue weighted by molar-refractivity contribution is -0.131. The molecule has 0 aliphatic heterocycles. The zero-order valence-electron chi connectivity index (χ0n) is 16.7. The number of hydrogen-bond acceptors (Lipinski definition) is 3. The van der Waals surface area contributed by atoms with Crippen molar-refractivity contribution in [1.82, 2.24) is 10.6 Å². The number of halogens is 3. The van der Waals surface area contributed by atoms with Crippen LogP contribution in [-0.4, -0.2) is 41.6 Å². The van der Waals surface area contributed by atoms with Crippen LogP contribution in [0.5, 0.6) is 0 Å². The van der Waals surface area contributed by atoms with Gasteiger partial charge >= 0.3 is 0 Å². The van der Waals surface area contributed by atoms with Crippen molar-refractivity contribution in [3.05, 3.63) is 34.9 Å². The highest BCUT2D eigenvalue weighted by atomic mass is 35.5. The Morgan fingerprint density at radius 3 is 2.77 bits per heavy atom. The minimum atomic E-state index is -1.08. The van der Waals surface area contributed by atoms with Crippen molar-refractivity contribution in [2.45, 2.75) is 68.3 Å². The van der Waals surface area contributed by atoms with Crippen molar-refractivity contribution in [2.24, 2.45) is 11.8 Å². The fourth-order valence-electron chi connectivity index (χ4n) is 5.13. The average Bonchev–Trinajstić information content (AvgIpc) is 3.23. The lowest BCUT2D eigenvalue weighted by Gasteiger charge is -2.39. The van der Waals surface area contributed by atoms with Crippen molar-refractivity contribution in [3.63, 3.8) is 0 Å². The molecule has 5 rings (SSSR count). The quantitative estimate of drug-likeness (QED) is 0.613. The number of carbonyl (C=O) groups excluding carboxylic acids is 2. The van der Waals surface area contributed by atoms with Crippen molar-refractivity contribution in [3.8, 4) is 0 Å². The smallest absolute Gasteiger partial charge is 0.246 e. The van der Waals surface area contributed by atoms with E-state index < -0.39 is 11.5 Å². The normalized spacial score (nSPS) is 34.8. The first-order valence-corrected chi connectivity index (χ1v) is 11.4. The van der Waals surface area contributed by atoms with Crippen molar-refractivity contribution < 1.29 is 18.7 Å². The van der Waals surface area contributed by atoms with Crippen LogP contribution in [0.15, 0.2) is 24.3 Å². The Bertz CT molecular complexity index is 802. The molecule has 164 valence electrons. The molecule has 4 saturated carbocycles. The van der Waals surface area contributed by atoms with Gasteiger partial charge in [-0.25, -0.2) is 4.39 Å². The fraction of sp³-hybridized carbons (Fsp3) is 0.636. The summed E-state index contributed by atoms with van der Waals surface area (Å²) in [6, 6.07) is 7.42. The summed E-state index contributed by atoms with van der Waals surface area (Å²) < 4.78 is 19.3. The number of ether oxygens (including phenoxy) is 1. The molecule has 8 heteroatoms. The van der Waals surface area contributed by atoms with E-state index in [4.69, 9.17) is 27.9 Å². The molecule has 30 heavy (non-hydrogen) atoms. The number of fused-ring (bicyclic) bond motifs is 1. The molecule has 3 unspecified atom stereocenters. The Morgan fingerprint density at radius 1 is 1.23 bits per heavy atom. The van der Waals surface area contributed by atoms with E-state index in [9.17, 15) is 14.0 Å². The monoisotopic (exact) mass is 456 g/mol. The maximum atomic E-state index is 13.7. The van der Waals surface area contributed by atoms with Gasteiger partial charge in [0.1, 0.15) is 12.8 Å². The van der Waals surface area contributed by atoms with Crippen LogP contribution in [0.1, 0.15) is 44.1 Å². The highest BCUT2D eigenvalue weighted by Crippen LogP contribution is 2.55. The van der Waals surface area contributed by atoms with Crippen LogP contribution in [0, 0.1) is 11.8 Å². The highest BCUT2D eigenvalue weighted by Gasteiger charge is 2.58. The van der Waals surface area contributed by atoms with E-state index in [1.165, 1.54) is 0 Å². The van der Waals surface area contributed by atoms with Crippen molar-refractivity contribution in [2.75, 3.05) is 6.61 Å². The van der Waals surface area contributed by atoms with Crippen LogP contribution >= 0.6 is 23.2 Å². The number of nitrogens with one attached hydrogen (secondary N) is 2. The molecule has 4 fully saturated rings. The van der Waals surface area contributed by atoms with Gasteiger partial charge in [-0.3, -0.25) is 9.59 Å². The molecule has 0 aromatic heterocycles. The molecular weight excluding hydrogens is 430 g/mol. The fourth-order valence-corrected chi connectivity index (χ4v) is 5.57. The van der Waals surface area contributed by atoms with E-state index >= 15 is 0 Å². The standard InChI is InChI=1S/C22H27Cl2FN2O3/c23-15-3-1-2-13(6-15)11-26-21(29)17-10-22(8-14(17)9-22)27-20(28)12-30-16-4-5-18(24)19(25)7-16/h1-3,6,14,16-19H,4-5,7-12H2,(H,26,29)(H,27,28)/t14?,16?,17-,18?,19?,22?/m0/s1. The lowest BCUT2D eigenvalue weighted by atomic mass is 9.76. The molecule has 0 radical (unpaired) electrons. The molecule has 2 N–H and O–H groups in total. The Hall–Kier alpha value is -1.37. The van der Waals surface area contributed by atoms with Gasteiger partial charge in [0, 0.05) is 29.4 Å². The Morgan fingerprint density at radius 2 is 2.03 bits per heavy atom. The minimum absolute atomic E-state index is 0.0247. The van der Waals surface area contributed by atoms with E-state index in [0.717, 1.165) is 18.4 Å². The topological polar surface area (TPSA) is 67.4 Å². The number of benzene rings is 1. The van der Waals surface area contributed by atoms with Gasteiger partial charge in [-0.15, -0.1) is 11.6 Å². The largest absolute Gasteiger partial charge is 0.368 e. The first-order chi connectivity index (χ1) is 14.3. The van der Waals surface area contributed by atoms with Gasteiger partial charge in [0.15, 0.2) is 0 Å². The van der Waals surface area contributed by atoms with E-state index in [0.29, 0.717) is 36.7 Å². The van der Waals surface area contributed by atoms with Crippen LogP contribution < -0.4 is 10.6 Å². The van der Waals surface area contributed by atoms with Gasteiger partial charge in [0.2, 0.25) is 11.8 Å². The summed E-state index contributed by atoms with van der Waals surface area (Å²) in [5, 5.41) is 6.25. The van der Waals surface area contributed by atoms with Gasteiger partial charge in [-0.05, 0) is 55.7 Å². The molecule has 5 nitrogen and oxygen atoms in total. The SMILES string of the molecule is O=C(COC1CCC(Cl)C(F)C1)NC12CC(C1)[C@@H](C(=O)NCc1cccc(Cl)c1)C2. The second kappa shape index (κ2) is 9.01. The van der Waals surface area contributed by atoms with Crippen LogP contribution in [-0.2, 0) is 20.9 Å².